The molecule has 1 amide bonds. The summed E-state index contributed by atoms with van der Waals surface area (Å²) in [6.07, 6.45) is 1.22. The van der Waals surface area contributed by atoms with Gasteiger partial charge in [0.05, 0.1) is 53.4 Å². The topological polar surface area (TPSA) is 93.2 Å². The minimum Gasteiger partial charge on any atom is -0.493 e. The van der Waals surface area contributed by atoms with E-state index in [2.05, 4.69) is 16.4 Å². The number of hydrogen-bond donors (Lipinski definition) is 1. The van der Waals surface area contributed by atoms with Crippen LogP contribution in [0.3, 0.4) is 0 Å². The van der Waals surface area contributed by atoms with Crippen LogP contribution in [-0.4, -0.2) is 131 Å². The van der Waals surface area contributed by atoms with Crippen LogP contribution >= 0.6 is 0 Å². The van der Waals surface area contributed by atoms with Gasteiger partial charge in [-0.25, -0.2) is 0 Å². The number of carbonyl (C=O) groups excluding carboxylic acids is 1. The van der Waals surface area contributed by atoms with E-state index in [0.717, 1.165) is 32.7 Å². The molecule has 10 heteroatoms. The molecule has 2 fully saturated rings. The maximum Gasteiger partial charge on any atom is 0.254 e. The Morgan fingerprint density at radius 3 is 2.40 bits per heavy atom. The van der Waals surface area contributed by atoms with Crippen molar-refractivity contribution in [3.05, 3.63) is 30.4 Å². The number of aliphatic hydroxyl groups is 1. The largest absolute Gasteiger partial charge is 0.493 e. The predicted molar refractivity (Wildman–Crippen MR) is 132 cm³/mol. The number of rotatable bonds is 12. The Bertz CT molecular complexity index is 804. The fourth-order valence-corrected chi connectivity index (χ4v) is 4.50. The number of benzene rings is 1. The van der Waals surface area contributed by atoms with Gasteiger partial charge in [0, 0.05) is 57.9 Å². The number of β-amino-alcohol motifs (C(OH)–C–C–N with tert-alkyl or cyclic N) is 1. The Morgan fingerprint density at radius 2 is 1.80 bits per heavy atom. The smallest absolute Gasteiger partial charge is 0.254 e. The van der Waals surface area contributed by atoms with E-state index >= 15 is 0 Å². The highest BCUT2D eigenvalue weighted by Crippen LogP contribution is 2.38. The van der Waals surface area contributed by atoms with Crippen molar-refractivity contribution in [1.29, 1.82) is 0 Å². The second-order valence-corrected chi connectivity index (χ2v) is 8.74. The summed E-state index contributed by atoms with van der Waals surface area (Å²) in [6, 6.07) is 3.38. The summed E-state index contributed by atoms with van der Waals surface area (Å²) >= 11 is 0. The van der Waals surface area contributed by atoms with Crippen molar-refractivity contribution in [2.24, 2.45) is 0 Å². The molecular weight excluding hydrogens is 454 g/mol. The molecule has 2 atom stereocenters. The normalized spacial score (nSPS) is 20.3. The molecule has 0 spiro atoms. The van der Waals surface area contributed by atoms with Gasteiger partial charge in [0.25, 0.3) is 5.91 Å². The van der Waals surface area contributed by atoms with E-state index < -0.39 is 6.10 Å². The minimum absolute atomic E-state index is 0.0587. The highest BCUT2D eigenvalue weighted by molar-refractivity contribution is 5.95. The first-order valence-corrected chi connectivity index (χ1v) is 12.0. The standard InChI is InChI=1S/C25H39N3O7/c1-5-11-34-18-20(29)15-27-10-12-35-21(17-27)16-26-6-8-28(9-7-26)25(30)19-13-22(31-2)24(33-4)23(14-19)32-3/h5,13-14,20-21,29H,1,6-12,15-18H2,2-4H3. The zero-order valence-corrected chi connectivity index (χ0v) is 21.1. The monoisotopic (exact) mass is 493 g/mol. The average molecular weight is 494 g/mol. The summed E-state index contributed by atoms with van der Waals surface area (Å²) in [5.74, 6) is 1.34. The van der Waals surface area contributed by atoms with Gasteiger partial charge < -0.3 is 33.7 Å². The van der Waals surface area contributed by atoms with Gasteiger partial charge in [-0.1, -0.05) is 6.08 Å². The molecule has 10 nitrogen and oxygen atoms in total. The lowest BCUT2D eigenvalue weighted by atomic mass is 10.1. The molecule has 1 aromatic rings. The highest BCUT2D eigenvalue weighted by atomic mass is 16.5. The van der Waals surface area contributed by atoms with Crippen LogP contribution in [0, 0.1) is 0 Å². The molecule has 3 rings (SSSR count). The molecule has 1 aromatic carbocycles. The lowest BCUT2D eigenvalue weighted by Crippen LogP contribution is -2.54. The second kappa shape index (κ2) is 13.6. The molecule has 0 radical (unpaired) electrons. The van der Waals surface area contributed by atoms with Crippen LogP contribution in [0.5, 0.6) is 17.2 Å². The molecule has 2 saturated heterocycles. The number of hydrogen-bond acceptors (Lipinski definition) is 9. The Morgan fingerprint density at radius 1 is 1.11 bits per heavy atom. The van der Waals surface area contributed by atoms with E-state index in [0.29, 0.717) is 62.3 Å². The summed E-state index contributed by atoms with van der Waals surface area (Å²) in [4.78, 5) is 19.6. The molecule has 2 aliphatic rings. The van der Waals surface area contributed by atoms with Crippen LogP contribution < -0.4 is 14.2 Å². The van der Waals surface area contributed by atoms with Crippen molar-refractivity contribution in [2.75, 3.05) is 93.5 Å². The zero-order chi connectivity index (χ0) is 25.2. The third kappa shape index (κ3) is 7.55. The van der Waals surface area contributed by atoms with Crippen LogP contribution in [0.15, 0.2) is 24.8 Å². The van der Waals surface area contributed by atoms with Crippen LogP contribution in [0.2, 0.25) is 0 Å². The molecule has 196 valence electrons. The molecule has 0 bridgehead atoms. The highest BCUT2D eigenvalue weighted by Gasteiger charge is 2.28. The molecule has 1 N–H and O–H groups in total. The Balaban J connectivity index is 1.48. The molecule has 2 unspecified atom stereocenters. The van der Waals surface area contributed by atoms with Gasteiger partial charge in [0.1, 0.15) is 0 Å². The van der Waals surface area contributed by atoms with E-state index in [-0.39, 0.29) is 12.0 Å². The fourth-order valence-electron chi connectivity index (χ4n) is 4.50. The van der Waals surface area contributed by atoms with E-state index in [1.807, 2.05) is 4.90 Å². The first-order valence-electron chi connectivity index (χ1n) is 12.0. The number of aliphatic hydroxyl groups excluding tert-OH is 1. The van der Waals surface area contributed by atoms with Crippen molar-refractivity contribution in [2.45, 2.75) is 12.2 Å². The van der Waals surface area contributed by atoms with Gasteiger partial charge in [-0.2, -0.15) is 0 Å². The number of piperazine rings is 1. The first-order chi connectivity index (χ1) is 17.0. The van der Waals surface area contributed by atoms with Gasteiger partial charge in [0.15, 0.2) is 11.5 Å². The number of methoxy groups -OCH3 is 3. The summed E-state index contributed by atoms with van der Waals surface area (Å²) in [6.45, 7) is 10.7. The summed E-state index contributed by atoms with van der Waals surface area (Å²) in [7, 11) is 4.61. The van der Waals surface area contributed by atoms with Gasteiger partial charge in [-0.15, -0.1) is 6.58 Å². The lowest BCUT2D eigenvalue weighted by Gasteiger charge is -2.39. The molecule has 0 saturated carbocycles. The third-order valence-corrected chi connectivity index (χ3v) is 6.27. The van der Waals surface area contributed by atoms with Crippen LogP contribution in [0.25, 0.3) is 0 Å². The Hall–Kier alpha value is -2.37. The molecule has 35 heavy (non-hydrogen) atoms. The minimum atomic E-state index is -0.529. The SMILES string of the molecule is C=CCOCC(O)CN1CCOC(CN2CCN(C(=O)c3cc(OC)c(OC)c(OC)c3)CC2)C1. The van der Waals surface area contributed by atoms with Crippen molar-refractivity contribution in [3.63, 3.8) is 0 Å². The van der Waals surface area contributed by atoms with E-state index in [1.54, 1.807) is 18.2 Å². The van der Waals surface area contributed by atoms with Crippen LogP contribution in [-0.2, 0) is 9.47 Å². The van der Waals surface area contributed by atoms with Gasteiger partial charge in [-0.3, -0.25) is 14.6 Å². The summed E-state index contributed by atoms with van der Waals surface area (Å²) in [5, 5.41) is 10.2. The lowest BCUT2D eigenvalue weighted by molar-refractivity contribution is -0.0626. The summed E-state index contributed by atoms with van der Waals surface area (Å²) < 4.78 is 27.5. The van der Waals surface area contributed by atoms with E-state index in [1.165, 1.54) is 21.3 Å². The number of carbonyl (C=O) groups is 1. The number of ether oxygens (including phenoxy) is 5. The zero-order valence-electron chi connectivity index (χ0n) is 21.1. The molecule has 0 aromatic heterocycles. The quantitative estimate of drug-likeness (QED) is 0.334. The van der Waals surface area contributed by atoms with Crippen molar-refractivity contribution < 1.29 is 33.6 Å². The Kier molecular flexibility index (Phi) is 10.6. The van der Waals surface area contributed by atoms with E-state index in [4.69, 9.17) is 23.7 Å². The molecule has 2 aliphatic heterocycles. The molecule has 2 heterocycles. The second-order valence-electron chi connectivity index (χ2n) is 8.74. The van der Waals surface area contributed by atoms with E-state index in [9.17, 15) is 9.90 Å². The molecule has 0 aliphatic carbocycles. The predicted octanol–water partition coefficient (Wildman–Crippen LogP) is 0.735. The molecular formula is C25H39N3O7. The third-order valence-electron chi connectivity index (χ3n) is 6.27. The van der Waals surface area contributed by atoms with Crippen molar-refractivity contribution in [1.82, 2.24) is 14.7 Å². The number of amides is 1. The Labute approximate surface area is 207 Å². The average Bonchev–Trinajstić information content (AvgIpc) is 2.88. The number of morpholine rings is 1. The van der Waals surface area contributed by atoms with Gasteiger partial charge in [-0.05, 0) is 12.1 Å². The van der Waals surface area contributed by atoms with Crippen LogP contribution in [0.4, 0.5) is 0 Å². The maximum absolute atomic E-state index is 13.2. The maximum atomic E-state index is 13.2. The van der Waals surface area contributed by atoms with Crippen LogP contribution in [0.1, 0.15) is 10.4 Å². The number of nitrogens with zero attached hydrogens (tertiary/aromatic N) is 3. The summed E-state index contributed by atoms with van der Waals surface area (Å²) in [5.41, 5.74) is 0.509. The van der Waals surface area contributed by atoms with Crippen molar-refractivity contribution >= 4 is 5.91 Å². The van der Waals surface area contributed by atoms with Gasteiger partial charge in [0.2, 0.25) is 5.75 Å². The van der Waals surface area contributed by atoms with Crippen molar-refractivity contribution in [3.8, 4) is 17.2 Å². The first kappa shape index (κ1) is 27.2. The van der Waals surface area contributed by atoms with Gasteiger partial charge >= 0.3 is 0 Å². The fraction of sp³-hybridized carbons (Fsp3) is 0.640.